The van der Waals surface area contributed by atoms with Crippen molar-refractivity contribution in [3.63, 3.8) is 0 Å². The Morgan fingerprint density at radius 1 is 1.57 bits per heavy atom. The highest BCUT2D eigenvalue weighted by Crippen LogP contribution is 2.19. The van der Waals surface area contributed by atoms with Crippen LogP contribution in [0.1, 0.15) is 13.3 Å². The van der Waals surface area contributed by atoms with E-state index in [0.717, 1.165) is 0 Å². The summed E-state index contributed by atoms with van der Waals surface area (Å²) in [4.78, 5) is 7.59. The van der Waals surface area contributed by atoms with Gasteiger partial charge in [-0.2, -0.15) is 4.98 Å². The Labute approximate surface area is 92.3 Å². The highest BCUT2D eigenvalue weighted by Gasteiger charge is 2.05. The van der Waals surface area contributed by atoms with Crippen molar-refractivity contribution in [3.8, 4) is 0 Å². The lowest BCUT2D eigenvalue weighted by atomic mass is 10.3. The molecule has 0 aliphatic heterocycles. The van der Waals surface area contributed by atoms with E-state index in [0.29, 0.717) is 23.8 Å². The standard InChI is InChI=1S/C8H11Cl2N3O/c1-2-5(14)3-11-7-6(9)4-12-8(10)13-7/h4-5,14H,2-3H2,1H3,(H,11,12,13). The molecule has 0 aliphatic rings. The molecule has 0 bridgehead atoms. The summed E-state index contributed by atoms with van der Waals surface area (Å²) in [5.41, 5.74) is 0. The summed E-state index contributed by atoms with van der Waals surface area (Å²) in [7, 11) is 0. The van der Waals surface area contributed by atoms with Crippen LogP contribution in [0.15, 0.2) is 6.20 Å². The predicted octanol–water partition coefficient (Wildman–Crippen LogP) is 1.97. The maximum Gasteiger partial charge on any atom is 0.224 e. The van der Waals surface area contributed by atoms with Gasteiger partial charge in [-0.15, -0.1) is 0 Å². The molecule has 1 aromatic heterocycles. The minimum atomic E-state index is -0.417. The smallest absolute Gasteiger partial charge is 0.224 e. The van der Waals surface area contributed by atoms with Gasteiger partial charge in [-0.25, -0.2) is 4.98 Å². The van der Waals surface area contributed by atoms with E-state index in [2.05, 4.69) is 15.3 Å². The molecule has 78 valence electrons. The molecule has 14 heavy (non-hydrogen) atoms. The Balaban J connectivity index is 2.62. The van der Waals surface area contributed by atoms with Crippen LogP contribution in [0.25, 0.3) is 0 Å². The van der Waals surface area contributed by atoms with E-state index >= 15 is 0 Å². The van der Waals surface area contributed by atoms with Gasteiger partial charge in [0, 0.05) is 6.54 Å². The van der Waals surface area contributed by atoms with Gasteiger partial charge in [0.2, 0.25) is 5.28 Å². The largest absolute Gasteiger partial charge is 0.391 e. The number of aliphatic hydroxyl groups excluding tert-OH is 1. The summed E-state index contributed by atoms with van der Waals surface area (Å²) >= 11 is 11.4. The number of hydrogen-bond acceptors (Lipinski definition) is 4. The van der Waals surface area contributed by atoms with Gasteiger partial charge >= 0.3 is 0 Å². The third-order valence-corrected chi connectivity index (χ3v) is 2.15. The molecule has 6 heteroatoms. The zero-order valence-corrected chi connectivity index (χ0v) is 9.18. The van der Waals surface area contributed by atoms with Crippen molar-refractivity contribution < 1.29 is 5.11 Å². The third kappa shape index (κ3) is 3.29. The van der Waals surface area contributed by atoms with Crippen LogP contribution < -0.4 is 5.32 Å². The molecule has 1 rings (SSSR count). The van der Waals surface area contributed by atoms with Gasteiger partial charge in [0.05, 0.1) is 12.3 Å². The topological polar surface area (TPSA) is 58.0 Å². The van der Waals surface area contributed by atoms with Crippen LogP contribution in [0.5, 0.6) is 0 Å². The number of nitrogens with zero attached hydrogens (tertiary/aromatic N) is 2. The molecule has 0 spiro atoms. The fourth-order valence-electron chi connectivity index (χ4n) is 0.828. The summed E-state index contributed by atoms with van der Waals surface area (Å²) in [5.74, 6) is 0.444. The highest BCUT2D eigenvalue weighted by atomic mass is 35.5. The summed E-state index contributed by atoms with van der Waals surface area (Å²) < 4.78 is 0. The van der Waals surface area contributed by atoms with Gasteiger partial charge in [-0.3, -0.25) is 0 Å². The molecule has 0 aromatic carbocycles. The summed E-state index contributed by atoms with van der Waals surface area (Å²) in [5, 5.41) is 12.7. The Hall–Kier alpha value is -0.580. The lowest BCUT2D eigenvalue weighted by Crippen LogP contribution is -2.19. The average Bonchev–Trinajstić information content (AvgIpc) is 2.19. The van der Waals surface area contributed by atoms with Crippen molar-refractivity contribution in [1.29, 1.82) is 0 Å². The van der Waals surface area contributed by atoms with Crippen LogP contribution in [0, 0.1) is 0 Å². The maximum atomic E-state index is 9.30. The van der Waals surface area contributed by atoms with E-state index < -0.39 is 6.10 Å². The monoisotopic (exact) mass is 235 g/mol. The second-order valence-corrected chi connectivity index (χ2v) is 3.52. The normalized spacial score (nSPS) is 12.6. The van der Waals surface area contributed by atoms with Gasteiger partial charge in [0.25, 0.3) is 0 Å². The van der Waals surface area contributed by atoms with E-state index in [1.54, 1.807) is 0 Å². The van der Waals surface area contributed by atoms with E-state index in [-0.39, 0.29) is 5.28 Å². The van der Waals surface area contributed by atoms with Crippen LogP contribution in [0.3, 0.4) is 0 Å². The minimum absolute atomic E-state index is 0.128. The molecular weight excluding hydrogens is 225 g/mol. The number of anilines is 1. The van der Waals surface area contributed by atoms with Crippen molar-refractivity contribution in [2.45, 2.75) is 19.4 Å². The molecule has 0 fully saturated rings. The van der Waals surface area contributed by atoms with Crippen LogP contribution in [0.2, 0.25) is 10.3 Å². The Kier molecular flexibility index (Phi) is 4.38. The molecule has 2 N–H and O–H groups in total. The fraction of sp³-hybridized carbons (Fsp3) is 0.500. The molecule has 1 unspecified atom stereocenters. The zero-order chi connectivity index (χ0) is 10.6. The molecule has 1 heterocycles. The molecular formula is C8H11Cl2N3O. The Morgan fingerprint density at radius 2 is 2.29 bits per heavy atom. The molecule has 0 amide bonds. The maximum absolute atomic E-state index is 9.30. The zero-order valence-electron chi connectivity index (χ0n) is 7.67. The first-order chi connectivity index (χ1) is 6.63. The molecule has 0 saturated heterocycles. The molecule has 1 atom stereocenters. The lowest BCUT2D eigenvalue weighted by Gasteiger charge is -2.10. The first-order valence-corrected chi connectivity index (χ1v) is 4.99. The van der Waals surface area contributed by atoms with Crippen LogP contribution in [0.4, 0.5) is 5.82 Å². The fourth-order valence-corrected chi connectivity index (χ4v) is 1.12. The van der Waals surface area contributed by atoms with Gasteiger partial charge in [0.15, 0.2) is 0 Å². The van der Waals surface area contributed by atoms with E-state index in [1.165, 1.54) is 6.20 Å². The van der Waals surface area contributed by atoms with Crippen molar-refractivity contribution in [2.75, 3.05) is 11.9 Å². The van der Waals surface area contributed by atoms with Crippen molar-refractivity contribution >= 4 is 29.0 Å². The number of aliphatic hydroxyl groups is 1. The third-order valence-electron chi connectivity index (χ3n) is 1.69. The Bertz CT molecular complexity index is 309. The van der Waals surface area contributed by atoms with Crippen LogP contribution >= 0.6 is 23.2 Å². The molecule has 0 aliphatic carbocycles. The van der Waals surface area contributed by atoms with Crippen LogP contribution in [-0.2, 0) is 0 Å². The van der Waals surface area contributed by atoms with Crippen LogP contribution in [-0.4, -0.2) is 27.7 Å². The number of hydrogen-bond donors (Lipinski definition) is 2. The second kappa shape index (κ2) is 5.34. The number of halogens is 2. The van der Waals surface area contributed by atoms with E-state index in [4.69, 9.17) is 23.2 Å². The molecule has 0 saturated carbocycles. The Morgan fingerprint density at radius 3 is 2.93 bits per heavy atom. The van der Waals surface area contributed by atoms with Crippen molar-refractivity contribution in [1.82, 2.24) is 9.97 Å². The predicted molar refractivity (Wildman–Crippen MR) is 56.8 cm³/mol. The van der Waals surface area contributed by atoms with Crippen molar-refractivity contribution in [3.05, 3.63) is 16.5 Å². The quantitative estimate of drug-likeness (QED) is 0.784. The molecule has 4 nitrogen and oxygen atoms in total. The van der Waals surface area contributed by atoms with Gasteiger partial charge in [-0.1, -0.05) is 18.5 Å². The number of rotatable bonds is 4. The average molecular weight is 236 g/mol. The van der Waals surface area contributed by atoms with Gasteiger partial charge in [-0.05, 0) is 18.0 Å². The highest BCUT2D eigenvalue weighted by molar-refractivity contribution is 6.33. The summed E-state index contributed by atoms with van der Waals surface area (Å²) in [6.07, 6.45) is 1.67. The lowest BCUT2D eigenvalue weighted by molar-refractivity contribution is 0.183. The minimum Gasteiger partial charge on any atom is -0.391 e. The van der Waals surface area contributed by atoms with E-state index in [9.17, 15) is 5.11 Å². The second-order valence-electron chi connectivity index (χ2n) is 2.78. The molecule has 0 radical (unpaired) electrons. The van der Waals surface area contributed by atoms with Gasteiger partial charge in [0.1, 0.15) is 10.8 Å². The number of aromatic nitrogens is 2. The van der Waals surface area contributed by atoms with Crippen molar-refractivity contribution in [2.24, 2.45) is 0 Å². The first-order valence-electron chi connectivity index (χ1n) is 4.23. The van der Waals surface area contributed by atoms with Gasteiger partial charge < -0.3 is 10.4 Å². The number of nitrogens with one attached hydrogen (secondary N) is 1. The van der Waals surface area contributed by atoms with E-state index in [1.807, 2.05) is 6.92 Å². The molecule has 1 aromatic rings. The summed E-state index contributed by atoms with van der Waals surface area (Å²) in [6.45, 7) is 2.28. The summed E-state index contributed by atoms with van der Waals surface area (Å²) in [6, 6.07) is 0. The first kappa shape index (κ1) is 11.5. The SMILES string of the molecule is CCC(O)CNc1nc(Cl)ncc1Cl.